The molecule has 0 fully saturated rings. The Morgan fingerprint density at radius 1 is 0.591 bits per heavy atom. The molecule has 6 heteroatoms. The second kappa shape index (κ2) is 17.0. The van der Waals surface area contributed by atoms with Gasteiger partial charge in [-0.2, -0.15) is 0 Å². The molecule has 1 aromatic heterocycles. The van der Waals surface area contributed by atoms with E-state index in [0.29, 0.717) is 38.1 Å². The number of alkyl halides is 1. The van der Waals surface area contributed by atoms with Gasteiger partial charge in [0.25, 0.3) is 0 Å². The minimum absolute atomic E-state index is 0.286. The topological polar surface area (TPSA) is 50.1 Å². The van der Waals surface area contributed by atoms with Gasteiger partial charge in [0, 0.05) is 5.56 Å². The maximum absolute atomic E-state index is 6.75. The molecule has 0 aliphatic rings. The predicted molar refractivity (Wildman–Crippen MR) is 173 cm³/mol. The third kappa shape index (κ3) is 9.39. The van der Waals surface area contributed by atoms with Gasteiger partial charge in [-0.25, -0.2) is 0 Å². The molecule has 44 heavy (non-hydrogen) atoms. The minimum Gasteiger partial charge on any atom is -0.463 e. The van der Waals surface area contributed by atoms with Gasteiger partial charge in [-0.3, -0.25) is 0 Å². The maximum Gasteiger partial charge on any atom is 0.144 e. The van der Waals surface area contributed by atoms with Crippen LogP contribution < -0.4 is 0 Å². The van der Waals surface area contributed by atoms with E-state index in [1.54, 1.807) is 0 Å². The average Bonchev–Trinajstić information content (AvgIpc) is 3.46. The van der Waals surface area contributed by atoms with E-state index in [1.165, 1.54) is 0 Å². The zero-order valence-electron chi connectivity index (χ0n) is 25.0. The molecule has 3 atom stereocenters. The van der Waals surface area contributed by atoms with E-state index in [-0.39, 0.29) is 6.61 Å². The molecule has 0 spiro atoms. The second-order valence-electron chi connectivity index (χ2n) is 10.7. The lowest BCUT2D eigenvalue weighted by atomic mass is 10.0. The van der Waals surface area contributed by atoms with E-state index in [1.807, 2.05) is 134 Å². The summed E-state index contributed by atoms with van der Waals surface area (Å²) in [5.41, 5.74) is 5.15. The van der Waals surface area contributed by atoms with E-state index in [2.05, 4.69) is 0 Å². The highest BCUT2D eigenvalue weighted by Crippen LogP contribution is 2.33. The fourth-order valence-corrected chi connectivity index (χ4v) is 5.22. The molecule has 0 aliphatic heterocycles. The summed E-state index contributed by atoms with van der Waals surface area (Å²) in [5.74, 6) is 1.74. The Balaban J connectivity index is 1.47. The monoisotopic (exact) mass is 610 g/mol. The van der Waals surface area contributed by atoms with Crippen molar-refractivity contribution in [3.63, 3.8) is 0 Å². The molecule has 5 nitrogen and oxygen atoms in total. The molecule has 0 bridgehead atoms. The fraction of sp³-hybridized carbons (Fsp3) is 0.263. The number of benzene rings is 4. The highest BCUT2D eigenvalue weighted by atomic mass is 35.5. The van der Waals surface area contributed by atoms with Gasteiger partial charge in [0.1, 0.15) is 29.8 Å². The Kier molecular flexibility index (Phi) is 12.2. The lowest BCUT2D eigenvalue weighted by Crippen LogP contribution is -2.41. The molecule has 5 aromatic rings. The van der Waals surface area contributed by atoms with E-state index in [4.69, 9.17) is 35.0 Å². The van der Waals surface area contributed by atoms with Crippen molar-refractivity contribution in [2.75, 3.05) is 6.61 Å². The lowest BCUT2D eigenvalue weighted by molar-refractivity contribution is -0.174. The highest BCUT2D eigenvalue weighted by Gasteiger charge is 2.36. The van der Waals surface area contributed by atoms with Gasteiger partial charge < -0.3 is 23.4 Å². The van der Waals surface area contributed by atoms with Crippen LogP contribution in [0.25, 0.3) is 0 Å². The van der Waals surface area contributed by atoms with E-state index in [0.717, 1.165) is 33.6 Å². The van der Waals surface area contributed by atoms with Crippen LogP contribution in [0.5, 0.6) is 0 Å². The predicted octanol–water partition coefficient (Wildman–Crippen LogP) is 8.97. The van der Waals surface area contributed by atoms with Gasteiger partial charge in [-0.05, 0) is 35.2 Å². The van der Waals surface area contributed by atoms with E-state index >= 15 is 0 Å². The van der Waals surface area contributed by atoms with Crippen molar-refractivity contribution in [1.82, 2.24) is 0 Å². The molecular weight excluding hydrogens is 572 g/mol. The van der Waals surface area contributed by atoms with Crippen molar-refractivity contribution in [2.24, 2.45) is 0 Å². The summed E-state index contributed by atoms with van der Waals surface area (Å²) in [7, 11) is 0. The first-order valence-electron chi connectivity index (χ1n) is 14.9. The smallest absolute Gasteiger partial charge is 0.144 e. The molecule has 0 aliphatic carbocycles. The Morgan fingerprint density at radius 3 is 1.52 bits per heavy atom. The van der Waals surface area contributed by atoms with Crippen molar-refractivity contribution < 1.29 is 23.4 Å². The molecule has 1 heterocycles. The molecule has 5 rings (SSSR count). The molecule has 228 valence electrons. The summed E-state index contributed by atoms with van der Waals surface area (Å²) >= 11 is 6.27. The number of hydrogen-bond donors (Lipinski definition) is 0. The van der Waals surface area contributed by atoms with Gasteiger partial charge in [-0.1, -0.05) is 121 Å². The fourth-order valence-electron chi connectivity index (χ4n) is 4.96. The first kappa shape index (κ1) is 31.7. The Morgan fingerprint density at radius 2 is 1.05 bits per heavy atom. The van der Waals surface area contributed by atoms with Crippen molar-refractivity contribution in [3.8, 4) is 0 Å². The van der Waals surface area contributed by atoms with Crippen molar-refractivity contribution in [1.29, 1.82) is 0 Å². The highest BCUT2D eigenvalue weighted by molar-refractivity contribution is 6.17. The number of aryl methyl sites for hydroxylation is 1. The van der Waals surface area contributed by atoms with Crippen LogP contribution in [0.15, 0.2) is 132 Å². The molecule has 0 radical (unpaired) electrons. The van der Waals surface area contributed by atoms with Crippen LogP contribution in [-0.4, -0.2) is 18.8 Å². The van der Waals surface area contributed by atoms with Gasteiger partial charge in [0.2, 0.25) is 0 Å². The normalized spacial score (nSPS) is 13.4. The summed E-state index contributed by atoms with van der Waals surface area (Å²) in [5, 5.41) is 0. The standard InChI is InChI=1S/C38H39ClO5/c1-29-34(23-39)22-35(44-29)37(42-26-32-18-10-4-11-19-32)38(43-27-33-20-12-5-13-21-33)36(41-25-31-16-8-3-9-17-31)28-40-24-30-14-6-2-7-15-30/h2-22,36-38H,23-28H2,1H3/t36-,37-,38-/m1/s1. The molecule has 0 amide bonds. The zero-order chi connectivity index (χ0) is 30.4. The number of rotatable bonds is 17. The van der Waals surface area contributed by atoms with Gasteiger partial charge >= 0.3 is 0 Å². The third-order valence-electron chi connectivity index (χ3n) is 7.39. The van der Waals surface area contributed by atoms with Crippen molar-refractivity contribution in [2.45, 2.75) is 57.5 Å². The first-order valence-corrected chi connectivity index (χ1v) is 15.5. The summed E-state index contributed by atoms with van der Waals surface area (Å²) in [6.07, 6.45) is -1.67. The van der Waals surface area contributed by atoms with Crippen LogP contribution in [0.1, 0.15) is 45.4 Å². The molecule has 0 saturated carbocycles. The summed E-state index contributed by atoms with van der Waals surface area (Å²) < 4.78 is 32.6. The third-order valence-corrected chi connectivity index (χ3v) is 7.68. The Bertz CT molecular complexity index is 1490. The summed E-state index contributed by atoms with van der Waals surface area (Å²) in [4.78, 5) is 0. The summed E-state index contributed by atoms with van der Waals surface area (Å²) in [6.45, 7) is 3.77. The molecule has 4 aromatic carbocycles. The Hall–Kier alpha value is -3.71. The van der Waals surface area contributed by atoms with Crippen LogP contribution in [0, 0.1) is 6.92 Å². The number of ether oxygens (including phenoxy) is 4. The van der Waals surface area contributed by atoms with Crippen molar-refractivity contribution in [3.05, 3.63) is 167 Å². The molecule has 0 N–H and O–H groups in total. The van der Waals surface area contributed by atoms with Crippen LogP contribution in [0.2, 0.25) is 0 Å². The van der Waals surface area contributed by atoms with Crippen LogP contribution in [-0.2, 0) is 51.3 Å². The lowest BCUT2D eigenvalue weighted by Gasteiger charge is -2.33. The van der Waals surface area contributed by atoms with Gasteiger partial charge in [0.05, 0.1) is 38.9 Å². The number of hydrogen-bond acceptors (Lipinski definition) is 5. The summed E-state index contributed by atoms with van der Waals surface area (Å²) in [6, 6.07) is 42.4. The molecule has 0 saturated heterocycles. The van der Waals surface area contributed by atoms with E-state index in [9.17, 15) is 0 Å². The van der Waals surface area contributed by atoms with Gasteiger partial charge in [0.15, 0.2) is 0 Å². The largest absolute Gasteiger partial charge is 0.463 e. The number of furan rings is 1. The van der Waals surface area contributed by atoms with E-state index < -0.39 is 18.3 Å². The Labute approximate surface area is 265 Å². The average molecular weight is 611 g/mol. The first-order chi connectivity index (χ1) is 21.7. The SMILES string of the molecule is Cc1oc([C@@H](OCc2ccccc2)[C@H](OCc2ccccc2)[C@@H](COCc2ccccc2)OCc2ccccc2)cc1CCl. The van der Waals surface area contributed by atoms with Gasteiger partial charge in [-0.15, -0.1) is 11.6 Å². The second-order valence-corrected chi connectivity index (χ2v) is 10.9. The van der Waals surface area contributed by atoms with Crippen LogP contribution >= 0.6 is 11.6 Å². The maximum atomic E-state index is 6.75. The number of halogens is 1. The minimum atomic E-state index is -0.601. The van der Waals surface area contributed by atoms with Crippen LogP contribution in [0.4, 0.5) is 0 Å². The van der Waals surface area contributed by atoms with Crippen LogP contribution in [0.3, 0.4) is 0 Å². The van der Waals surface area contributed by atoms with Crippen molar-refractivity contribution >= 4 is 11.6 Å². The quantitative estimate of drug-likeness (QED) is 0.0984. The zero-order valence-corrected chi connectivity index (χ0v) is 25.8. The molecular formula is C38H39ClO5. The molecule has 0 unspecified atom stereocenters.